The highest BCUT2D eigenvalue weighted by Gasteiger charge is 2.18. The highest BCUT2D eigenvalue weighted by molar-refractivity contribution is 7.98. The van der Waals surface area contributed by atoms with Crippen LogP contribution in [-0.4, -0.2) is 30.9 Å². The van der Waals surface area contributed by atoms with E-state index in [1.807, 2.05) is 30.3 Å². The van der Waals surface area contributed by atoms with E-state index in [0.29, 0.717) is 0 Å². The summed E-state index contributed by atoms with van der Waals surface area (Å²) in [6, 6.07) is 9.35. The molecular weight excluding hydrogens is 278 g/mol. The van der Waals surface area contributed by atoms with Crippen molar-refractivity contribution in [3.8, 4) is 0 Å². The summed E-state index contributed by atoms with van der Waals surface area (Å²) in [5.41, 5.74) is 0.0548. The molecule has 0 unspecified atom stereocenters. The van der Waals surface area contributed by atoms with Gasteiger partial charge in [0.2, 0.25) is 0 Å². The molecule has 0 spiro atoms. The topological polar surface area (TPSA) is 65.0 Å². The Morgan fingerprint density at radius 2 is 1.75 bits per heavy atom. The molecule has 0 N–H and O–H groups in total. The zero-order valence-electron chi connectivity index (χ0n) is 11.5. The van der Waals surface area contributed by atoms with Crippen LogP contribution in [0.2, 0.25) is 0 Å². The fourth-order valence-corrected chi connectivity index (χ4v) is 1.93. The lowest BCUT2D eigenvalue weighted by Crippen LogP contribution is -2.21. The fraction of sp³-hybridized carbons (Fsp3) is 0.357. The molecule has 0 amide bonds. The molecule has 0 saturated carbocycles. The van der Waals surface area contributed by atoms with Crippen molar-refractivity contribution in [2.45, 2.75) is 25.2 Å². The van der Waals surface area contributed by atoms with Crippen LogP contribution in [0.5, 0.6) is 0 Å². The Labute approximate surface area is 122 Å². The van der Waals surface area contributed by atoms with E-state index in [1.165, 1.54) is 0 Å². The standard InChI is InChI=1S/C14H17NO4S/c1-3-18-13(16)10-12(14(17)19-4-2)15-20-11-8-6-5-7-9-11/h5-9H,3-4,10H2,1-2H3/b15-12+. The third kappa shape index (κ3) is 5.88. The predicted molar refractivity (Wildman–Crippen MR) is 77.6 cm³/mol. The molecule has 0 heterocycles. The zero-order valence-corrected chi connectivity index (χ0v) is 12.3. The van der Waals surface area contributed by atoms with Crippen molar-refractivity contribution in [3.05, 3.63) is 30.3 Å². The third-order valence-corrected chi connectivity index (χ3v) is 2.93. The second kappa shape index (κ2) is 9.14. The molecule has 0 bridgehead atoms. The van der Waals surface area contributed by atoms with E-state index in [2.05, 4.69) is 4.40 Å². The van der Waals surface area contributed by atoms with Crippen LogP contribution in [0.15, 0.2) is 39.6 Å². The van der Waals surface area contributed by atoms with Crippen LogP contribution in [0.1, 0.15) is 20.3 Å². The van der Waals surface area contributed by atoms with Gasteiger partial charge in [-0.25, -0.2) is 9.19 Å². The molecule has 5 nitrogen and oxygen atoms in total. The molecule has 0 atom stereocenters. The summed E-state index contributed by atoms with van der Waals surface area (Å²) in [5.74, 6) is -1.09. The van der Waals surface area contributed by atoms with Gasteiger partial charge in [-0.05, 0) is 26.0 Å². The average molecular weight is 295 g/mol. The molecule has 0 aliphatic carbocycles. The van der Waals surface area contributed by atoms with Gasteiger partial charge in [0.05, 0.1) is 19.6 Å². The Morgan fingerprint density at radius 1 is 1.10 bits per heavy atom. The molecule has 0 aliphatic heterocycles. The molecule has 0 aliphatic rings. The van der Waals surface area contributed by atoms with Crippen LogP contribution in [-0.2, 0) is 19.1 Å². The Morgan fingerprint density at radius 3 is 2.35 bits per heavy atom. The van der Waals surface area contributed by atoms with Gasteiger partial charge in [0, 0.05) is 16.8 Å². The number of hydrogen-bond donors (Lipinski definition) is 0. The van der Waals surface area contributed by atoms with Crippen molar-refractivity contribution in [2.24, 2.45) is 4.40 Å². The normalized spacial score (nSPS) is 11.0. The van der Waals surface area contributed by atoms with Crippen LogP contribution in [0.25, 0.3) is 0 Å². The minimum atomic E-state index is -0.594. The molecule has 0 saturated heterocycles. The van der Waals surface area contributed by atoms with E-state index in [9.17, 15) is 9.59 Å². The maximum absolute atomic E-state index is 11.7. The van der Waals surface area contributed by atoms with Crippen LogP contribution in [0.3, 0.4) is 0 Å². The highest BCUT2D eigenvalue weighted by atomic mass is 32.2. The molecule has 0 radical (unpaired) electrons. The molecule has 1 aromatic rings. The van der Waals surface area contributed by atoms with Crippen LogP contribution >= 0.6 is 11.9 Å². The Bertz CT molecular complexity index is 473. The average Bonchev–Trinajstić information content (AvgIpc) is 2.45. The number of benzene rings is 1. The molecule has 108 valence electrons. The SMILES string of the molecule is CCOC(=O)C/C(=N\Sc1ccccc1)C(=O)OCC. The van der Waals surface area contributed by atoms with Gasteiger partial charge in [-0.1, -0.05) is 18.2 Å². The minimum absolute atomic E-state index is 0.0548. The van der Waals surface area contributed by atoms with E-state index >= 15 is 0 Å². The van der Waals surface area contributed by atoms with Crippen LogP contribution in [0, 0.1) is 0 Å². The second-order valence-electron chi connectivity index (χ2n) is 3.64. The maximum atomic E-state index is 11.7. The molecule has 6 heteroatoms. The lowest BCUT2D eigenvalue weighted by Gasteiger charge is -2.05. The number of nitrogens with zero attached hydrogens (tertiary/aromatic N) is 1. The first-order valence-electron chi connectivity index (χ1n) is 6.29. The van der Waals surface area contributed by atoms with Gasteiger partial charge in [0.15, 0.2) is 0 Å². The van der Waals surface area contributed by atoms with E-state index in [0.717, 1.165) is 16.8 Å². The Kier molecular flexibility index (Phi) is 7.42. The highest BCUT2D eigenvalue weighted by Crippen LogP contribution is 2.19. The van der Waals surface area contributed by atoms with Gasteiger partial charge in [-0.2, -0.15) is 0 Å². The molecule has 20 heavy (non-hydrogen) atoms. The minimum Gasteiger partial charge on any atom is -0.466 e. The fourth-order valence-electron chi connectivity index (χ4n) is 1.29. The summed E-state index contributed by atoms with van der Waals surface area (Å²) in [5, 5.41) is 0. The summed E-state index contributed by atoms with van der Waals surface area (Å²) >= 11 is 1.12. The van der Waals surface area contributed by atoms with Gasteiger partial charge in [0.1, 0.15) is 5.71 Å². The van der Waals surface area contributed by atoms with Gasteiger partial charge >= 0.3 is 11.9 Å². The van der Waals surface area contributed by atoms with Crippen molar-refractivity contribution in [1.29, 1.82) is 0 Å². The summed E-state index contributed by atoms with van der Waals surface area (Å²) in [7, 11) is 0. The van der Waals surface area contributed by atoms with Crippen molar-refractivity contribution >= 4 is 29.6 Å². The smallest absolute Gasteiger partial charge is 0.353 e. The zero-order chi connectivity index (χ0) is 14.8. The number of rotatable bonds is 7. The van der Waals surface area contributed by atoms with Gasteiger partial charge in [0.25, 0.3) is 0 Å². The Hall–Kier alpha value is -1.82. The van der Waals surface area contributed by atoms with Crippen LogP contribution < -0.4 is 0 Å². The molecule has 0 aromatic heterocycles. The summed E-state index contributed by atoms with van der Waals surface area (Å²) in [4.78, 5) is 24.1. The molecule has 0 fully saturated rings. The number of esters is 2. The predicted octanol–water partition coefficient (Wildman–Crippen LogP) is 2.65. The van der Waals surface area contributed by atoms with Crippen molar-refractivity contribution < 1.29 is 19.1 Å². The summed E-state index contributed by atoms with van der Waals surface area (Å²) in [6.07, 6.45) is -0.188. The first kappa shape index (κ1) is 16.2. The summed E-state index contributed by atoms with van der Waals surface area (Å²) in [6.45, 7) is 3.90. The first-order chi connectivity index (χ1) is 9.67. The maximum Gasteiger partial charge on any atom is 0.353 e. The third-order valence-electron chi connectivity index (χ3n) is 2.13. The number of carbonyl (C=O) groups excluding carboxylic acids is 2. The van der Waals surface area contributed by atoms with Crippen molar-refractivity contribution in [2.75, 3.05) is 13.2 Å². The molecule has 1 aromatic carbocycles. The largest absolute Gasteiger partial charge is 0.466 e. The first-order valence-corrected chi connectivity index (χ1v) is 7.06. The second-order valence-corrected chi connectivity index (χ2v) is 4.48. The number of carbonyl (C=O) groups is 2. The van der Waals surface area contributed by atoms with Gasteiger partial charge in [-0.15, -0.1) is 0 Å². The lowest BCUT2D eigenvalue weighted by molar-refractivity contribution is -0.143. The van der Waals surface area contributed by atoms with Crippen molar-refractivity contribution in [1.82, 2.24) is 0 Å². The Balaban J connectivity index is 2.75. The molecular formula is C14H17NO4S. The van der Waals surface area contributed by atoms with E-state index in [1.54, 1.807) is 13.8 Å². The van der Waals surface area contributed by atoms with E-state index in [-0.39, 0.29) is 25.3 Å². The molecule has 1 rings (SSSR count). The monoisotopic (exact) mass is 295 g/mol. The number of ether oxygens (including phenoxy) is 2. The summed E-state index contributed by atoms with van der Waals surface area (Å²) < 4.78 is 13.8. The quantitative estimate of drug-likeness (QED) is 0.439. The van der Waals surface area contributed by atoms with Gasteiger partial charge in [-0.3, -0.25) is 4.79 Å². The van der Waals surface area contributed by atoms with E-state index in [4.69, 9.17) is 9.47 Å². The van der Waals surface area contributed by atoms with E-state index < -0.39 is 11.9 Å². The lowest BCUT2D eigenvalue weighted by atomic mass is 10.3. The number of hydrogen-bond acceptors (Lipinski definition) is 6. The van der Waals surface area contributed by atoms with Crippen molar-refractivity contribution in [3.63, 3.8) is 0 Å². The van der Waals surface area contributed by atoms with Gasteiger partial charge < -0.3 is 9.47 Å². The van der Waals surface area contributed by atoms with Crippen LogP contribution in [0.4, 0.5) is 0 Å².